The van der Waals surface area contributed by atoms with E-state index in [1.807, 2.05) is 12.1 Å². The van der Waals surface area contributed by atoms with Crippen molar-refractivity contribution < 1.29 is 14.7 Å². The topological polar surface area (TPSA) is 84.9 Å². The van der Waals surface area contributed by atoms with Gasteiger partial charge in [-0.25, -0.2) is 9.80 Å². The van der Waals surface area contributed by atoms with Crippen LogP contribution in [0, 0.1) is 0 Å². The fraction of sp³-hybridized carbons (Fsp3) is 0.833. The van der Waals surface area contributed by atoms with Crippen molar-refractivity contribution in [3.63, 3.8) is 0 Å². The molecule has 0 aromatic carbocycles. The molecule has 1 heterocycles. The molecule has 1 aliphatic heterocycles. The summed E-state index contributed by atoms with van der Waals surface area (Å²) in [6, 6.07) is -0.287. The molecule has 2 aliphatic rings. The van der Waals surface area contributed by atoms with Gasteiger partial charge < -0.3 is 15.3 Å². The number of rotatable bonds is 4. The molecule has 0 bridgehead atoms. The molecule has 0 spiro atoms. The number of carbonyl (C=O) groups excluding carboxylic acids is 1. The number of nitrogens with zero attached hydrogens (tertiary/aromatic N) is 2. The predicted octanol–water partition coefficient (Wildman–Crippen LogP) is -0.155. The first-order valence-corrected chi connectivity index (χ1v) is 6.73. The Balaban J connectivity index is 1.78. The third-order valence-electron chi connectivity index (χ3n) is 3.94. The SMILES string of the molecule is CN1CCN(NC(=O)NC2(CC(=O)O)CCC2)CC1. The maximum absolute atomic E-state index is 11.9. The zero-order chi connectivity index (χ0) is 13.9. The van der Waals surface area contributed by atoms with Crippen LogP contribution in [0.4, 0.5) is 4.79 Å². The number of carboxylic acids is 1. The summed E-state index contributed by atoms with van der Waals surface area (Å²) in [5, 5.41) is 13.6. The summed E-state index contributed by atoms with van der Waals surface area (Å²) in [5.41, 5.74) is 2.26. The number of amides is 2. The number of carboxylic acid groups (broad SMARTS) is 1. The maximum Gasteiger partial charge on any atom is 0.329 e. The Kier molecular flexibility index (Phi) is 4.26. The highest BCUT2D eigenvalue weighted by Gasteiger charge is 2.40. The molecule has 108 valence electrons. The predicted molar refractivity (Wildman–Crippen MR) is 69.6 cm³/mol. The van der Waals surface area contributed by atoms with Crippen molar-refractivity contribution in [3.8, 4) is 0 Å². The second-order valence-electron chi connectivity index (χ2n) is 5.56. The molecule has 7 heteroatoms. The van der Waals surface area contributed by atoms with Crippen LogP contribution in [-0.4, -0.2) is 65.8 Å². The Labute approximate surface area is 112 Å². The minimum Gasteiger partial charge on any atom is -0.481 e. The number of likely N-dealkylation sites (N-methyl/N-ethyl adjacent to an activating group) is 1. The third-order valence-corrected chi connectivity index (χ3v) is 3.94. The molecule has 0 radical (unpaired) electrons. The van der Waals surface area contributed by atoms with Crippen molar-refractivity contribution in [2.75, 3.05) is 33.2 Å². The molecule has 0 aromatic heterocycles. The number of hydrazine groups is 1. The van der Waals surface area contributed by atoms with Crippen molar-refractivity contribution in [3.05, 3.63) is 0 Å². The fourth-order valence-corrected chi connectivity index (χ4v) is 2.57. The molecule has 0 unspecified atom stereocenters. The molecule has 0 atom stereocenters. The molecule has 2 fully saturated rings. The standard InChI is InChI=1S/C12H22N4O3/c1-15-5-7-16(8-6-15)14-11(19)13-12(3-2-4-12)9-10(17)18/h2-9H2,1H3,(H,17,18)(H2,13,14,19). The van der Waals surface area contributed by atoms with Crippen molar-refractivity contribution in [2.24, 2.45) is 0 Å². The number of hydrogen-bond donors (Lipinski definition) is 3. The van der Waals surface area contributed by atoms with E-state index in [1.165, 1.54) is 0 Å². The molecule has 2 rings (SSSR count). The fourth-order valence-electron chi connectivity index (χ4n) is 2.57. The zero-order valence-electron chi connectivity index (χ0n) is 11.3. The number of carbonyl (C=O) groups is 2. The summed E-state index contributed by atoms with van der Waals surface area (Å²) in [7, 11) is 2.05. The van der Waals surface area contributed by atoms with Gasteiger partial charge in [0, 0.05) is 26.2 Å². The summed E-state index contributed by atoms with van der Waals surface area (Å²) in [6.07, 6.45) is 2.47. The number of urea groups is 1. The van der Waals surface area contributed by atoms with Crippen LogP contribution in [0.25, 0.3) is 0 Å². The van der Waals surface area contributed by atoms with Crippen molar-refractivity contribution in [1.82, 2.24) is 20.7 Å². The van der Waals surface area contributed by atoms with Crippen LogP contribution in [0.1, 0.15) is 25.7 Å². The van der Waals surface area contributed by atoms with Crippen molar-refractivity contribution >= 4 is 12.0 Å². The van der Waals surface area contributed by atoms with Crippen LogP contribution in [0.2, 0.25) is 0 Å². The number of aliphatic carboxylic acids is 1. The summed E-state index contributed by atoms with van der Waals surface area (Å²) >= 11 is 0. The van der Waals surface area contributed by atoms with Gasteiger partial charge in [-0.15, -0.1) is 0 Å². The minimum absolute atomic E-state index is 0.00313. The average Bonchev–Trinajstić information content (AvgIpc) is 2.28. The van der Waals surface area contributed by atoms with Gasteiger partial charge in [-0.3, -0.25) is 10.2 Å². The van der Waals surface area contributed by atoms with Gasteiger partial charge in [0.2, 0.25) is 0 Å². The number of hydrogen-bond acceptors (Lipinski definition) is 4. The summed E-state index contributed by atoms with van der Waals surface area (Å²) in [4.78, 5) is 24.9. The number of piperazine rings is 1. The minimum atomic E-state index is -0.861. The zero-order valence-corrected chi connectivity index (χ0v) is 11.3. The molecule has 1 aliphatic carbocycles. The van der Waals surface area contributed by atoms with Gasteiger partial charge in [0.1, 0.15) is 0 Å². The van der Waals surface area contributed by atoms with E-state index in [1.54, 1.807) is 0 Å². The molecule has 1 saturated carbocycles. The monoisotopic (exact) mass is 270 g/mol. The van der Waals surface area contributed by atoms with E-state index in [4.69, 9.17) is 5.11 Å². The molecule has 2 amide bonds. The first-order chi connectivity index (χ1) is 8.99. The van der Waals surface area contributed by atoms with Crippen LogP contribution in [-0.2, 0) is 4.79 Å². The van der Waals surface area contributed by atoms with Crippen molar-refractivity contribution in [1.29, 1.82) is 0 Å². The van der Waals surface area contributed by atoms with E-state index in [0.717, 1.165) is 45.4 Å². The summed E-state index contributed by atoms with van der Waals surface area (Å²) < 4.78 is 0. The Morgan fingerprint density at radius 1 is 1.21 bits per heavy atom. The lowest BCUT2D eigenvalue weighted by Crippen LogP contribution is -2.61. The van der Waals surface area contributed by atoms with Gasteiger partial charge in [0.05, 0.1) is 12.0 Å². The highest BCUT2D eigenvalue weighted by molar-refractivity contribution is 5.76. The lowest BCUT2D eigenvalue weighted by molar-refractivity contribution is -0.139. The lowest BCUT2D eigenvalue weighted by Gasteiger charge is -2.42. The Morgan fingerprint density at radius 2 is 1.84 bits per heavy atom. The van der Waals surface area contributed by atoms with E-state index < -0.39 is 11.5 Å². The highest BCUT2D eigenvalue weighted by atomic mass is 16.4. The van der Waals surface area contributed by atoms with E-state index in [9.17, 15) is 9.59 Å². The summed E-state index contributed by atoms with van der Waals surface area (Å²) in [6.45, 7) is 3.41. The first kappa shape index (κ1) is 14.1. The lowest BCUT2D eigenvalue weighted by atomic mass is 9.74. The quantitative estimate of drug-likeness (QED) is 0.661. The molecule has 1 saturated heterocycles. The molecule has 3 N–H and O–H groups in total. The van der Waals surface area contributed by atoms with Crippen LogP contribution < -0.4 is 10.7 Å². The molecule has 0 aromatic rings. The van der Waals surface area contributed by atoms with Crippen LogP contribution in [0.5, 0.6) is 0 Å². The second kappa shape index (κ2) is 5.75. The van der Waals surface area contributed by atoms with Gasteiger partial charge in [-0.1, -0.05) is 0 Å². The molecule has 7 nitrogen and oxygen atoms in total. The van der Waals surface area contributed by atoms with Crippen LogP contribution in [0.15, 0.2) is 0 Å². The van der Waals surface area contributed by atoms with Crippen LogP contribution in [0.3, 0.4) is 0 Å². The maximum atomic E-state index is 11.9. The molecule has 19 heavy (non-hydrogen) atoms. The highest BCUT2D eigenvalue weighted by Crippen LogP contribution is 2.34. The Morgan fingerprint density at radius 3 is 2.32 bits per heavy atom. The summed E-state index contributed by atoms with van der Waals surface area (Å²) in [5.74, 6) is -0.861. The average molecular weight is 270 g/mol. The van der Waals surface area contributed by atoms with Gasteiger partial charge in [-0.05, 0) is 26.3 Å². The van der Waals surface area contributed by atoms with Gasteiger partial charge >= 0.3 is 12.0 Å². The van der Waals surface area contributed by atoms with E-state index in [-0.39, 0.29) is 12.5 Å². The third kappa shape index (κ3) is 3.81. The molecular formula is C12H22N4O3. The van der Waals surface area contributed by atoms with Gasteiger partial charge in [0.25, 0.3) is 0 Å². The van der Waals surface area contributed by atoms with Gasteiger partial charge in [0.15, 0.2) is 0 Å². The Hall–Kier alpha value is -1.34. The molecular weight excluding hydrogens is 248 g/mol. The largest absolute Gasteiger partial charge is 0.481 e. The van der Waals surface area contributed by atoms with E-state index >= 15 is 0 Å². The second-order valence-corrected chi connectivity index (χ2v) is 5.56. The number of nitrogens with one attached hydrogen (secondary N) is 2. The normalized spacial score (nSPS) is 23.4. The van der Waals surface area contributed by atoms with E-state index in [0.29, 0.717) is 0 Å². The smallest absolute Gasteiger partial charge is 0.329 e. The van der Waals surface area contributed by atoms with E-state index in [2.05, 4.69) is 15.6 Å². The van der Waals surface area contributed by atoms with Gasteiger partial charge in [-0.2, -0.15) is 0 Å². The Bertz CT molecular complexity index is 349. The van der Waals surface area contributed by atoms with Crippen molar-refractivity contribution in [2.45, 2.75) is 31.2 Å². The first-order valence-electron chi connectivity index (χ1n) is 6.73. The van der Waals surface area contributed by atoms with Crippen LogP contribution >= 0.6 is 0 Å².